The van der Waals surface area contributed by atoms with Gasteiger partial charge in [-0.25, -0.2) is 4.79 Å². The van der Waals surface area contributed by atoms with Crippen LogP contribution in [0.15, 0.2) is 72.8 Å². The number of hydrogen-bond donors (Lipinski definition) is 1. The van der Waals surface area contributed by atoms with Crippen molar-refractivity contribution in [3.05, 3.63) is 72.8 Å². The van der Waals surface area contributed by atoms with Gasteiger partial charge in [-0.2, -0.15) is 0 Å². The van der Waals surface area contributed by atoms with E-state index < -0.39 is 0 Å². The van der Waals surface area contributed by atoms with Gasteiger partial charge in [-0.05, 0) is 24.3 Å². The lowest BCUT2D eigenvalue weighted by atomic mass is 10.1. The first-order valence-electron chi connectivity index (χ1n) is 9.05. The number of amides is 2. The number of hydrogen-bond acceptors (Lipinski definition) is 4. The maximum Gasteiger partial charge on any atom is 0.321 e. The van der Waals surface area contributed by atoms with E-state index in [0.29, 0.717) is 13.1 Å². The Morgan fingerprint density at radius 1 is 0.778 bits per heavy atom. The molecular formula is C21H21N5O. The normalized spacial score (nSPS) is 14.1. The molecule has 136 valence electrons. The molecule has 6 heteroatoms. The Morgan fingerprint density at radius 2 is 1.44 bits per heavy atom. The second kappa shape index (κ2) is 7.86. The molecule has 0 atom stereocenters. The Hall–Kier alpha value is -3.41. The Balaban J connectivity index is 1.34. The van der Waals surface area contributed by atoms with Crippen molar-refractivity contribution in [3.8, 4) is 11.3 Å². The summed E-state index contributed by atoms with van der Waals surface area (Å²) in [5, 5.41) is 11.7. The molecule has 2 aromatic carbocycles. The van der Waals surface area contributed by atoms with Crippen LogP contribution in [0.2, 0.25) is 0 Å². The molecule has 0 bridgehead atoms. The molecule has 2 heterocycles. The topological polar surface area (TPSA) is 61.4 Å². The van der Waals surface area contributed by atoms with E-state index in [-0.39, 0.29) is 6.03 Å². The van der Waals surface area contributed by atoms with Gasteiger partial charge in [-0.1, -0.05) is 48.5 Å². The van der Waals surface area contributed by atoms with Crippen molar-refractivity contribution in [2.45, 2.75) is 0 Å². The minimum absolute atomic E-state index is 0.0636. The fourth-order valence-electron chi connectivity index (χ4n) is 3.12. The number of urea groups is 1. The SMILES string of the molecule is O=C(Nc1ccccc1)N1CCN(c2ccc(-c3ccccc3)nn2)CC1. The zero-order valence-corrected chi connectivity index (χ0v) is 15.0. The van der Waals surface area contributed by atoms with Crippen molar-refractivity contribution < 1.29 is 4.79 Å². The molecule has 27 heavy (non-hydrogen) atoms. The third kappa shape index (κ3) is 4.06. The molecule has 4 rings (SSSR count). The van der Waals surface area contributed by atoms with E-state index in [1.54, 1.807) is 0 Å². The van der Waals surface area contributed by atoms with Crippen LogP contribution >= 0.6 is 0 Å². The molecule has 1 saturated heterocycles. The van der Waals surface area contributed by atoms with Crippen LogP contribution in [0.5, 0.6) is 0 Å². The number of anilines is 2. The summed E-state index contributed by atoms with van der Waals surface area (Å²) in [5.41, 5.74) is 2.73. The van der Waals surface area contributed by atoms with Crippen LogP contribution < -0.4 is 10.2 Å². The number of carbonyl (C=O) groups is 1. The van der Waals surface area contributed by atoms with Gasteiger partial charge in [0.1, 0.15) is 0 Å². The molecular weight excluding hydrogens is 338 g/mol. The van der Waals surface area contributed by atoms with Gasteiger partial charge >= 0.3 is 6.03 Å². The predicted molar refractivity (Wildman–Crippen MR) is 107 cm³/mol. The Bertz CT molecular complexity index is 875. The summed E-state index contributed by atoms with van der Waals surface area (Å²) in [6.07, 6.45) is 0. The minimum Gasteiger partial charge on any atom is -0.352 e. The molecule has 2 amide bonds. The monoisotopic (exact) mass is 359 g/mol. The van der Waals surface area contributed by atoms with E-state index in [4.69, 9.17) is 0 Å². The maximum atomic E-state index is 12.4. The lowest BCUT2D eigenvalue weighted by Gasteiger charge is -2.35. The molecule has 3 aromatic rings. The van der Waals surface area contributed by atoms with Crippen LogP contribution in [0.25, 0.3) is 11.3 Å². The molecule has 6 nitrogen and oxygen atoms in total. The Morgan fingerprint density at radius 3 is 2.07 bits per heavy atom. The number of rotatable bonds is 3. The van der Waals surface area contributed by atoms with Crippen molar-refractivity contribution in [2.75, 3.05) is 36.4 Å². The molecule has 0 unspecified atom stereocenters. The average Bonchev–Trinajstić information content (AvgIpc) is 2.75. The van der Waals surface area contributed by atoms with Crippen molar-refractivity contribution in [2.24, 2.45) is 0 Å². The molecule has 1 N–H and O–H groups in total. The predicted octanol–water partition coefficient (Wildman–Crippen LogP) is 3.50. The number of aromatic nitrogens is 2. The van der Waals surface area contributed by atoms with Gasteiger partial charge in [0.25, 0.3) is 0 Å². The number of piperazine rings is 1. The second-order valence-electron chi connectivity index (χ2n) is 6.41. The molecule has 0 spiro atoms. The van der Waals surface area contributed by atoms with Crippen molar-refractivity contribution in [1.82, 2.24) is 15.1 Å². The fourth-order valence-corrected chi connectivity index (χ4v) is 3.12. The summed E-state index contributed by atoms with van der Waals surface area (Å²) in [6.45, 7) is 2.78. The zero-order valence-electron chi connectivity index (χ0n) is 15.0. The van der Waals surface area contributed by atoms with Crippen LogP contribution in [-0.2, 0) is 0 Å². The first kappa shape index (κ1) is 17.0. The molecule has 1 aromatic heterocycles. The molecule has 1 aliphatic rings. The largest absolute Gasteiger partial charge is 0.352 e. The van der Waals surface area contributed by atoms with Crippen LogP contribution in [0.1, 0.15) is 0 Å². The molecule has 0 aliphatic carbocycles. The average molecular weight is 359 g/mol. The van der Waals surface area contributed by atoms with E-state index >= 15 is 0 Å². The lowest BCUT2D eigenvalue weighted by Crippen LogP contribution is -2.50. The third-order valence-electron chi connectivity index (χ3n) is 4.64. The summed E-state index contributed by atoms with van der Waals surface area (Å²) in [5.74, 6) is 0.845. The molecule has 1 fully saturated rings. The number of carbonyl (C=O) groups excluding carboxylic acids is 1. The summed E-state index contributed by atoms with van der Waals surface area (Å²) < 4.78 is 0. The number of nitrogens with one attached hydrogen (secondary N) is 1. The molecule has 0 saturated carbocycles. The van der Waals surface area contributed by atoms with E-state index in [1.165, 1.54) is 0 Å². The lowest BCUT2D eigenvalue weighted by molar-refractivity contribution is 0.208. The first-order valence-corrected chi connectivity index (χ1v) is 9.05. The van der Waals surface area contributed by atoms with E-state index in [2.05, 4.69) is 20.4 Å². The summed E-state index contributed by atoms with van der Waals surface area (Å²) in [6, 6.07) is 23.5. The highest BCUT2D eigenvalue weighted by Gasteiger charge is 2.22. The van der Waals surface area contributed by atoms with E-state index in [0.717, 1.165) is 35.9 Å². The second-order valence-corrected chi connectivity index (χ2v) is 6.41. The Labute approximate surface area is 158 Å². The zero-order chi connectivity index (χ0) is 18.5. The summed E-state index contributed by atoms with van der Waals surface area (Å²) >= 11 is 0. The first-order chi connectivity index (χ1) is 13.3. The van der Waals surface area contributed by atoms with Gasteiger partial charge < -0.3 is 15.1 Å². The van der Waals surface area contributed by atoms with Crippen molar-refractivity contribution >= 4 is 17.5 Å². The fraction of sp³-hybridized carbons (Fsp3) is 0.190. The Kier molecular flexibility index (Phi) is 4.96. The van der Waals surface area contributed by atoms with Crippen LogP contribution in [-0.4, -0.2) is 47.3 Å². The van der Waals surface area contributed by atoms with Crippen LogP contribution in [0, 0.1) is 0 Å². The summed E-state index contributed by atoms with van der Waals surface area (Å²) in [4.78, 5) is 16.4. The van der Waals surface area contributed by atoms with Gasteiger partial charge in [0.2, 0.25) is 0 Å². The van der Waals surface area contributed by atoms with Crippen molar-refractivity contribution in [1.29, 1.82) is 0 Å². The minimum atomic E-state index is -0.0636. The van der Waals surface area contributed by atoms with Gasteiger partial charge in [0.15, 0.2) is 5.82 Å². The number of para-hydroxylation sites is 1. The summed E-state index contributed by atoms with van der Waals surface area (Å²) in [7, 11) is 0. The quantitative estimate of drug-likeness (QED) is 0.777. The number of benzene rings is 2. The third-order valence-corrected chi connectivity index (χ3v) is 4.64. The molecule has 0 radical (unpaired) electrons. The smallest absolute Gasteiger partial charge is 0.321 e. The van der Waals surface area contributed by atoms with E-state index in [1.807, 2.05) is 77.7 Å². The van der Waals surface area contributed by atoms with Crippen LogP contribution in [0.4, 0.5) is 16.3 Å². The van der Waals surface area contributed by atoms with Gasteiger partial charge in [0.05, 0.1) is 5.69 Å². The molecule has 1 aliphatic heterocycles. The van der Waals surface area contributed by atoms with Crippen molar-refractivity contribution in [3.63, 3.8) is 0 Å². The van der Waals surface area contributed by atoms with Crippen LogP contribution in [0.3, 0.4) is 0 Å². The van der Waals surface area contributed by atoms with Gasteiger partial charge in [-0.3, -0.25) is 0 Å². The van der Waals surface area contributed by atoms with E-state index in [9.17, 15) is 4.79 Å². The van der Waals surface area contributed by atoms with Gasteiger partial charge in [0, 0.05) is 37.4 Å². The maximum absolute atomic E-state index is 12.4. The standard InChI is InChI=1S/C21H21N5O/c27-21(22-18-9-5-2-6-10-18)26-15-13-25(14-16-26)20-12-11-19(23-24-20)17-7-3-1-4-8-17/h1-12H,13-16H2,(H,22,27). The highest BCUT2D eigenvalue weighted by Crippen LogP contribution is 2.19. The number of nitrogens with zero attached hydrogens (tertiary/aromatic N) is 4. The highest BCUT2D eigenvalue weighted by molar-refractivity contribution is 5.89. The van der Waals surface area contributed by atoms with Gasteiger partial charge in [-0.15, -0.1) is 10.2 Å². The highest BCUT2D eigenvalue weighted by atomic mass is 16.2.